The molecule has 6 nitrogen and oxygen atoms in total. The molecule has 1 amide bonds. The zero-order chi connectivity index (χ0) is 17.5. The Labute approximate surface area is 138 Å². The van der Waals surface area contributed by atoms with Gasteiger partial charge in [-0.2, -0.15) is 0 Å². The highest BCUT2D eigenvalue weighted by Crippen LogP contribution is 2.21. The quantitative estimate of drug-likeness (QED) is 0.719. The third kappa shape index (κ3) is 7.47. The number of nitrogens with one attached hydrogen (secondary N) is 2. The number of benzene rings is 1. The van der Waals surface area contributed by atoms with E-state index in [1.54, 1.807) is 31.4 Å². The number of hydrogen-bond acceptors (Lipinski definition) is 4. The number of methoxy groups -OCH3 is 1. The lowest BCUT2D eigenvalue weighted by Crippen LogP contribution is -2.36. The van der Waals surface area contributed by atoms with Crippen LogP contribution in [0.3, 0.4) is 0 Å². The van der Waals surface area contributed by atoms with Crippen molar-refractivity contribution in [3.05, 3.63) is 29.8 Å². The summed E-state index contributed by atoms with van der Waals surface area (Å²) in [5.74, 6) is 0.496. The highest BCUT2D eigenvalue weighted by molar-refractivity contribution is 7.88. The van der Waals surface area contributed by atoms with Crippen molar-refractivity contribution in [3.8, 4) is 5.75 Å². The lowest BCUT2D eigenvalue weighted by molar-refractivity contribution is -0.122. The summed E-state index contributed by atoms with van der Waals surface area (Å²) in [6.45, 7) is 3.99. The van der Waals surface area contributed by atoms with E-state index >= 15 is 0 Å². The average molecular weight is 342 g/mol. The third-order valence-electron chi connectivity index (χ3n) is 3.39. The first-order valence-electron chi connectivity index (χ1n) is 7.65. The fourth-order valence-corrected chi connectivity index (χ4v) is 3.08. The highest BCUT2D eigenvalue weighted by Gasteiger charge is 2.20. The van der Waals surface area contributed by atoms with Crippen LogP contribution >= 0.6 is 0 Å². The average Bonchev–Trinajstić information content (AvgIpc) is 2.45. The molecule has 1 aromatic carbocycles. The first-order chi connectivity index (χ1) is 10.7. The highest BCUT2D eigenvalue weighted by atomic mass is 32.2. The molecule has 0 saturated heterocycles. The molecule has 0 aliphatic heterocycles. The Morgan fingerprint density at radius 1 is 1.26 bits per heavy atom. The molecule has 23 heavy (non-hydrogen) atoms. The molecule has 0 aromatic heterocycles. The largest absolute Gasteiger partial charge is 0.497 e. The van der Waals surface area contributed by atoms with Crippen LogP contribution < -0.4 is 14.8 Å². The molecule has 7 heteroatoms. The van der Waals surface area contributed by atoms with E-state index in [1.165, 1.54) is 0 Å². The number of ether oxygens (including phenoxy) is 1. The van der Waals surface area contributed by atoms with Gasteiger partial charge in [0, 0.05) is 12.5 Å². The normalized spacial score (nSPS) is 14.1. The van der Waals surface area contributed by atoms with Gasteiger partial charge in [0.05, 0.1) is 19.4 Å². The second-order valence-electron chi connectivity index (χ2n) is 5.68. The van der Waals surface area contributed by atoms with Gasteiger partial charge in [-0.1, -0.05) is 25.5 Å². The van der Waals surface area contributed by atoms with Crippen LogP contribution in [0.25, 0.3) is 0 Å². The number of rotatable bonds is 9. The molecule has 2 N–H and O–H groups in total. The van der Waals surface area contributed by atoms with Crippen molar-refractivity contribution >= 4 is 15.9 Å². The Hall–Kier alpha value is -1.60. The minimum absolute atomic E-state index is 0.0491. The molecule has 0 heterocycles. The summed E-state index contributed by atoms with van der Waals surface area (Å²) in [7, 11) is -1.87. The summed E-state index contributed by atoms with van der Waals surface area (Å²) in [4.78, 5) is 12.2. The van der Waals surface area contributed by atoms with E-state index in [0.717, 1.165) is 24.7 Å². The molecule has 0 spiro atoms. The molecule has 0 saturated carbocycles. The predicted octanol–water partition coefficient (Wildman–Crippen LogP) is 1.98. The van der Waals surface area contributed by atoms with E-state index in [4.69, 9.17) is 4.74 Å². The minimum atomic E-state index is -3.43. The van der Waals surface area contributed by atoms with E-state index in [1.807, 2.05) is 13.8 Å². The number of carbonyl (C=O) groups excluding carboxylic acids is 1. The lowest BCUT2D eigenvalue weighted by Gasteiger charge is -2.20. The Morgan fingerprint density at radius 2 is 1.87 bits per heavy atom. The summed E-state index contributed by atoms with van der Waals surface area (Å²) in [5, 5.41) is 2.89. The predicted molar refractivity (Wildman–Crippen MR) is 90.8 cm³/mol. The van der Waals surface area contributed by atoms with Crippen LogP contribution in [-0.2, 0) is 14.8 Å². The number of sulfonamides is 1. The van der Waals surface area contributed by atoms with Gasteiger partial charge < -0.3 is 10.1 Å². The molecule has 0 bridgehead atoms. The number of hydrogen-bond donors (Lipinski definition) is 2. The first-order valence-corrected chi connectivity index (χ1v) is 9.55. The van der Waals surface area contributed by atoms with Gasteiger partial charge in [-0.25, -0.2) is 13.1 Å². The van der Waals surface area contributed by atoms with Crippen molar-refractivity contribution in [2.24, 2.45) is 0 Å². The molecule has 0 aliphatic carbocycles. The molecular formula is C16H26N2O4S. The Bertz CT molecular complexity index is 599. The fourth-order valence-electron chi connectivity index (χ4n) is 2.35. The molecule has 1 aromatic rings. The van der Waals surface area contributed by atoms with Gasteiger partial charge >= 0.3 is 0 Å². The van der Waals surface area contributed by atoms with Gasteiger partial charge in [0.25, 0.3) is 0 Å². The van der Waals surface area contributed by atoms with E-state index in [0.29, 0.717) is 5.75 Å². The minimum Gasteiger partial charge on any atom is -0.497 e. The molecular weight excluding hydrogens is 316 g/mol. The second kappa shape index (κ2) is 8.88. The molecule has 0 aliphatic rings. The van der Waals surface area contributed by atoms with Gasteiger partial charge in [-0.3, -0.25) is 4.79 Å². The van der Waals surface area contributed by atoms with Crippen LogP contribution in [0.4, 0.5) is 0 Å². The molecule has 0 unspecified atom stereocenters. The van der Waals surface area contributed by atoms with Crippen molar-refractivity contribution < 1.29 is 17.9 Å². The maximum atomic E-state index is 12.2. The first kappa shape index (κ1) is 19.4. The van der Waals surface area contributed by atoms with Crippen LogP contribution in [0.5, 0.6) is 5.75 Å². The SMILES string of the molecule is CCC[C@H](C)NC(=O)C[C@H](NS(C)(=O)=O)c1ccc(OC)cc1. The van der Waals surface area contributed by atoms with E-state index < -0.39 is 16.1 Å². The molecule has 2 atom stereocenters. The zero-order valence-corrected chi connectivity index (χ0v) is 14.9. The van der Waals surface area contributed by atoms with Crippen molar-refractivity contribution in [3.63, 3.8) is 0 Å². The van der Waals surface area contributed by atoms with Crippen LogP contribution in [0.15, 0.2) is 24.3 Å². The fraction of sp³-hybridized carbons (Fsp3) is 0.562. The van der Waals surface area contributed by atoms with Crippen LogP contribution in [-0.4, -0.2) is 33.7 Å². The summed E-state index contributed by atoms with van der Waals surface area (Å²) in [5.41, 5.74) is 0.717. The zero-order valence-electron chi connectivity index (χ0n) is 14.1. The smallest absolute Gasteiger partial charge is 0.222 e. The van der Waals surface area contributed by atoms with Gasteiger partial charge in [0.1, 0.15) is 5.75 Å². The lowest BCUT2D eigenvalue weighted by atomic mass is 10.0. The Balaban J connectivity index is 2.85. The summed E-state index contributed by atoms with van der Waals surface area (Å²) in [6.07, 6.45) is 3.00. The van der Waals surface area contributed by atoms with E-state index in [2.05, 4.69) is 10.0 Å². The summed E-state index contributed by atoms with van der Waals surface area (Å²) >= 11 is 0. The van der Waals surface area contributed by atoms with Crippen molar-refractivity contribution in [1.82, 2.24) is 10.0 Å². The molecule has 0 radical (unpaired) electrons. The van der Waals surface area contributed by atoms with Gasteiger partial charge in [-0.15, -0.1) is 0 Å². The number of amides is 1. The maximum absolute atomic E-state index is 12.2. The van der Waals surface area contributed by atoms with E-state index in [9.17, 15) is 13.2 Å². The van der Waals surface area contributed by atoms with Crippen molar-refractivity contribution in [1.29, 1.82) is 0 Å². The summed E-state index contributed by atoms with van der Waals surface area (Å²) in [6, 6.07) is 6.45. The van der Waals surface area contributed by atoms with Gasteiger partial charge in [0.15, 0.2) is 0 Å². The number of carbonyl (C=O) groups is 1. The maximum Gasteiger partial charge on any atom is 0.222 e. The second-order valence-corrected chi connectivity index (χ2v) is 7.46. The summed E-state index contributed by atoms with van der Waals surface area (Å²) < 4.78 is 30.8. The molecule has 0 fully saturated rings. The van der Waals surface area contributed by atoms with E-state index in [-0.39, 0.29) is 18.4 Å². The van der Waals surface area contributed by atoms with Gasteiger partial charge in [0.2, 0.25) is 15.9 Å². The third-order valence-corrected chi connectivity index (χ3v) is 4.11. The topological polar surface area (TPSA) is 84.5 Å². The standard InChI is InChI=1S/C16H26N2O4S/c1-5-6-12(2)17-16(19)11-15(18-23(4,20)21)13-7-9-14(22-3)10-8-13/h7-10,12,15,18H,5-6,11H2,1-4H3,(H,17,19)/t12-,15-/m0/s1. The monoisotopic (exact) mass is 342 g/mol. The van der Waals surface area contributed by atoms with Gasteiger partial charge in [-0.05, 0) is 31.0 Å². The van der Waals surface area contributed by atoms with Crippen LogP contribution in [0, 0.1) is 0 Å². The van der Waals surface area contributed by atoms with Crippen LogP contribution in [0.1, 0.15) is 44.7 Å². The Kier molecular flexibility index (Phi) is 7.51. The van der Waals surface area contributed by atoms with Crippen molar-refractivity contribution in [2.45, 2.75) is 45.2 Å². The van der Waals surface area contributed by atoms with Crippen molar-refractivity contribution in [2.75, 3.05) is 13.4 Å². The molecule has 130 valence electrons. The van der Waals surface area contributed by atoms with Crippen LogP contribution in [0.2, 0.25) is 0 Å². The Morgan fingerprint density at radius 3 is 2.35 bits per heavy atom. The molecule has 1 rings (SSSR count).